The van der Waals surface area contributed by atoms with Crippen LogP contribution in [0.3, 0.4) is 0 Å². The van der Waals surface area contributed by atoms with E-state index >= 15 is 0 Å². The second-order valence-electron chi connectivity index (χ2n) is 6.49. The Morgan fingerprint density at radius 2 is 1.96 bits per heavy atom. The predicted molar refractivity (Wildman–Crippen MR) is 104 cm³/mol. The lowest BCUT2D eigenvalue weighted by Crippen LogP contribution is -2.27. The monoisotopic (exact) mass is 365 g/mol. The van der Waals surface area contributed by atoms with Crippen molar-refractivity contribution in [3.63, 3.8) is 0 Å². The quantitative estimate of drug-likeness (QED) is 0.701. The lowest BCUT2D eigenvalue weighted by Gasteiger charge is -2.19. The van der Waals surface area contributed by atoms with Crippen LogP contribution in [-0.2, 0) is 11.3 Å². The van der Waals surface area contributed by atoms with E-state index in [0.29, 0.717) is 29.1 Å². The van der Waals surface area contributed by atoms with Gasteiger partial charge in [0.1, 0.15) is 5.69 Å². The fourth-order valence-electron chi connectivity index (χ4n) is 3.30. The molecule has 1 N–H and O–H groups in total. The van der Waals surface area contributed by atoms with Crippen LogP contribution in [0.1, 0.15) is 44.6 Å². The largest absolute Gasteiger partial charge is 0.461 e. The molecular formula is C21H23N3O3. The van der Waals surface area contributed by atoms with Gasteiger partial charge in [0.25, 0.3) is 5.91 Å². The van der Waals surface area contributed by atoms with Crippen LogP contribution in [0.4, 0.5) is 0 Å². The van der Waals surface area contributed by atoms with Crippen LogP contribution in [-0.4, -0.2) is 40.4 Å². The molecule has 3 rings (SSSR count). The zero-order chi connectivity index (χ0) is 19.6. The molecule has 0 aliphatic rings. The molecule has 2 aromatic heterocycles. The summed E-state index contributed by atoms with van der Waals surface area (Å²) in [5, 5.41) is 1.02. The van der Waals surface area contributed by atoms with Gasteiger partial charge in [-0.1, -0.05) is 18.2 Å². The number of nitrogens with zero attached hydrogens (tertiary/aromatic N) is 2. The van der Waals surface area contributed by atoms with Gasteiger partial charge in [-0.15, -0.1) is 0 Å². The Morgan fingerprint density at radius 3 is 2.70 bits per heavy atom. The first-order chi connectivity index (χ1) is 12.9. The van der Waals surface area contributed by atoms with Crippen molar-refractivity contribution in [1.29, 1.82) is 0 Å². The first kappa shape index (κ1) is 18.6. The van der Waals surface area contributed by atoms with Crippen LogP contribution in [0, 0.1) is 13.8 Å². The minimum absolute atomic E-state index is 0.141. The zero-order valence-corrected chi connectivity index (χ0v) is 16.0. The van der Waals surface area contributed by atoms with Gasteiger partial charge in [-0.25, -0.2) is 4.79 Å². The van der Waals surface area contributed by atoms with Gasteiger partial charge in [0.15, 0.2) is 0 Å². The number of hydrogen-bond acceptors (Lipinski definition) is 4. The van der Waals surface area contributed by atoms with Crippen molar-refractivity contribution in [3.8, 4) is 0 Å². The van der Waals surface area contributed by atoms with Gasteiger partial charge in [-0.2, -0.15) is 0 Å². The van der Waals surface area contributed by atoms with Crippen molar-refractivity contribution >= 4 is 22.8 Å². The Bertz CT molecular complexity index is 1000. The standard InChI is InChI=1S/C21H23N3O3/c1-5-27-21(26)19-13(2)18(14(3)23-19)20(25)24(4)12-15-8-6-10-17-16(15)9-7-11-22-17/h6-11,23H,5,12H2,1-4H3. The third kappa shape index (κ3) is 3.56. The average molecular weight is 365 g/mol. The highest BCUT2D eigenvalue weighted by molar-refractivity contribution is 6.01. The number of esters is 1. The second kappa shape index (κ2) is 7.61. The van der Waals surface area contributed by atoms with Gasteiger partial charge in [-0.3, -0.25) is 9.78 Å². The maximum Gasteiger partial charge on any atom is 0.355 e. The molecule has 0 atom stereocenters. The molecule has 27 heavy (non-hydrogen) atoms. The smallest absolute Gasteiger partial charge is 0.355 e. The van der Waals surface area contributed by atoms with Crippen LogP contribution in [0.5, 0.6) is 0 Å². The number of benzene rings is 1. The molecule has 140 valence electrons. The zero-order valence-electron chi connectivity index (χ0n) is 16.0. The average Bonchev–Trinajstić information content (AvgIpc) is 2.96. The molecule has 0 aliphatic heterocycles. The molecule has 0 bridgehead atoms. The number of hydrogen-bond donors (Lipinski definition) is 1. The van der Waals surface area contributed by atoms with E-state index in [4.69, 9.17) is 4.74 Å². The molecule has 1 aromatic carbocycles. The molecular weight excluding hydrogens is 342 g/mol. The molecule has 1 amide bonds. The summed E-state index contributed by atoms with van der Waals surface area (Å²) >= 11 is 0. The Morgan fingerprint density at radius 1 is 1.19 bits per heavy atom. The maximum atomic E-state index is 13.1. The van der Waals surface area contributed by atoms with Gasteiger partial charge in [-0.05, 0) is 44.0 Å². The number of aryl methyl sites for hydroxylation is 1. The van der Waals surface area contributed by atoms with Crippen molar-refractivity contribution < 1.29 is 14.3 Å². The molecule has 0 fully saturated rings. The number of ether oxygens (including phenoxy) is 1. The highest BCUT2D eigenvalue weighted by atomic mass is 16.5. The van der Waals surface area contributed by atoms with Crippen LogP contribution in [0.2, 0.25) is 0 Å². The van der Waals surface area contributed by atoms with Gasteiger partial charge < -0.3 is 14.6 Å². The summed E-state index contributed by atoms with van der Waals surface area (Å²) in [6, 6.07) is 9.78. The van der Waals surface area contributed by atoms with E-state index < -0.39 is 5.97 Å². The predicted octanol–water partition coefficient (Wildman–Crippen LogP) is 3.63. The number of carbonyl (C=O) groups excluding carboxylic acids is 2. The van der Waals surface area contributed by atoms with E-state index in [9.17, 15) is 9.59 Å². The SMILES string of the molecule is CCOC(=O)c1[nH]c(C)c(C(=O)N(C)Cc2cccc3ncccc23)c1C. The summed E-state index contributed by atoms with van der Waals surface area (Å²) in [5.41, 5.74) is 4.04. The second-order valence-corrected chi connectivity index (χ2v) is 6.49. The van der Waals surface area contributed by atoms with E-state index in [-0.39, 0.29) is 12.5 Å². The lowest BCUT2D eigenvalue weighted by atomic mass is 10.1. The summed E-state index contributed by atoms with van der Waals surface area (Å²) in [7, 11) is 1.76. The number of carbonyl (C=O) groups is 2. The van der Waals surface area contributed by atoms with Crippen molar-refractivity contribution in [3.05, 3.63) is 64.6 Å². The molecule has 0 spiro atoms. The number of nitrogens with one attached hydrogen (secondary N) is 1. The number of amides is 1. The normalized spacial score (nSPS) is 10.8. The van der Waals surface area contributed by atoms with Crippen molar-refractivity contribution in [2.24, 2.45) is 0 Å². The fourth-order valence-corrected chi connectivity index (χ4v) is 3.30. The summed E-state index contributed by atoms with van der Waals surface area (Å²) < 4.78 is 5.06. The molecule has 2 heterocycles. The molecule has 6 nitrogen and oxygen atoms in total. The van der Waals surface area contributed by atoms with Gasteiger partial charge in [0, 0.05) is 30.9 Å². The summed E-state index contributed by atoms with van der Waals surface area (Å²) in [6.07, 6.45) is 1.75. The highest BCUT2D eigenvalue weighted by Crippen LogP contribution is 2.23. The van der Waals surface area contributed by atoms with E-state index in [0.717, 1.165) is 16.5 Å². The Balaban J connectivity index is 1.89. The third-order valence-corrected chi connectivity index (χ3v) is 4.62. The van der Waals surface area contributed by atoms with E-state index in [2.05, 4.69) is 9.97 Å². The Labute approximate surface area is 158 Å². The first-order valence-electron chi connectivity index (χ1n) is 8.88. The Hall–Kier alpha value is -3.15. The molecule has 0 saturated heterocycles. The van der Waals surface area contributed by atoms with Crippen molar-refractivity contribution in [2.45, 2.75) is 27.3 Å². The minimum Gasteiger partial charge on any atom is -0.461 e. The van der Waals surface area contributed by atoms with Crippen LogP contribution >= 0.6 is 0 Å². The van der Waals surface area contributed by atoms with E-state index in [1.54, 1.807) is 38.9 Å². The van der Waals surface area contributed by atoms with Gasteiger partial charge >= 0.3 is 5.97 Å². The van der Waals surface area contributed by atoms with Crippen LogP contribution < -0.4 is 0 Å². The third-order valence-electron chi connectivity index (χ3n) is 4.62. The fraction of sp³-hybridized carbons (Fsp3) is 0.286. The van der Waals surface area contributed by atoms with Gasteiger partial charge in [0.05, 0.1) is 17.7 Å². The molecule has 0 radical (unpaired) electrons. The number of aromatic nitrogens is 2. The van der Waals surface area contributed by atoms with Crippen LogP contribution in [0.25, 0.3) is 10.9 Å². The van der Waals surface area contributed by atoms with Crippen LogP contribution in [0.15, 0.2) is 36.5 Å². The summed E-state index contributed by atoms with van der Waals surface area (Å²) in [6.45, 7) is 6.04. The molecule has 0 aliphatic carbocycles. The number of pyridine rings is 1. The molecule has 3 aromatic rings. The topological polar surface area (TPSA) is 75.3 Å². The first-order valence-corrected chi connectivity index (χ1v) is 8.88. The summed E-state index contributed by atoms with van der Waals surface area (Å²) in [5.74, 6) is -0.586. The number of aromatic amines is 1. The maximum absolute atomic E-state index is 13.1. The lowest BCUT2D eigenvalue weighted by molar-refractivity contribution is 0.0519. The van der Waals surface area contributed by atoms with E-state index in [1.807, 2.05) is 30.3 Å². The van der Waals surface area contributed by atoms with Gasteiger partial charge in [0.2, 0.25) is 0 Å². The van der Waals surface area contributed by atoms with Crippen molar-refractivity contribution in [1.82, 2.24) is 14.9 Å². The highest BCUT2D eigenvalue weighted by Gasteiger charge is 2.25. The van der Waals surface area contributed by atoms with Crippen molar-refractivity contribution in [2.75, 3.05) is 13.7 Å². The number of H-pyrrole nitrogens is 1. The molecule has 6 heteroatoms. The summed E-state index contributed by atoms with van der Waals surface area (Å²) in [4.78, 5) is 34.1. The number of fused-ring (bicyclic) bond motifs is 1. The molecule has 0 unspecified atom stereocenters. The molecule has 0 saturated carbocycles. The van der Waals surface area contributed by atoms with E-state index in [1.165, 1.54) is 0 Å². The number of rotatable bonds is 5. The minimum atomic E-state index is -0.445. The Kier molecular flexibility index (Phi) is 5.26.